The third kappa shape index (κ3) is 3.50. The van der Waals surface area contributed by atoms with E-state index in [2.05, 4.69) is 6.92 Å². The molecule has 1 nitrogen and oxygen atoms in total. The molecule has 20 heavy (non-hydrogen) atoms. The number of carbonyl (C=O) groups excluding carboxylic acids is 1. The Bertz CT molecular complexity index is 603. The molecule has 0 aliphatic carbocycles. The van der Waals surface area contributed by atoms with E-state index in [0.29, 0.717) is 5.56 Å². The van der Waals surface area contributed by atoms with E-state index in [1.54, 1.807) is 12.1 Å². The number of aryl methyl sites for hydroxylation is 1. The normalized spacial score (nSPS) is 10.6. The highest BCUT2D eigenvalue weighted by Crippen LogP contribution is 2.14. The molecule has 2 rings (SSSR count). The molecule has 2 aromatic carbocycles. The summed E-state index contributed by atoms with van der Waals surface area (Å²) in [7, 11) is 0. The smallest absolute Gasteiger partial charge is 0.167 e. The number of rotatable bonds is 5. The topological polar surface area (TPSA) is 17.1 Å². The Hall–Kier alpha value is -2.03. The summed E-state index contributed by atoms with van der Waals surface area (Å²) in [4.78, 5) is 12.1. The first-order valence-corrected chi connectivity index (χ1v) is 6.66. The Morgan fingerprint density at radius 3 is 2.35 bits per heavy atom. The minimum absolute atomic E-state index is 0.0563. The summed E-state index contributed by atoms with van der Waals surface area (Å²) in [6.45, 7) is 2.09. The molecule has 0 radical (unpaired) electrons. The van der Waals surface area contributed by atoms with Crippen molar-refractivity contribution in [1.82, 2.24) is 0 Å². The predicted molar refractivity (Wildman–Crippen MR) is 74.8 cm³/mol. The van der Waals surface area contributed by atoms with Crippen LogP contribution in [0.15, 0.2) is 42.5 Å². The first-order chi connectivity index (χ1) is 9.60. The average molecular weight is 274 g/mol. The zero-order valence-corrected chi connectivity index (χ0v) is 11.3. The zero-order valence-electron chi connectivity index (χ0n) is 11.3. The molecule has 0 heterocycles. The van der Waals surface area contributed by atoms with E-state index in [9.17, 15) is 13.6 Å². The standard InChI is InChI=1S/C17H16F2O/c1-2-3-12-4-6-13(7-5-12)17(20)10-14-8-9-15(18)11-16(14)19/h4-9,11H,2-3,10H2,1H3. The van der Waals surface area contributed by atoms with E-state index in [4.69, 9.17) is 0 Å². The van der Waals surface area contributed by atoms with Crippen molar-refractivity contribution >= 4 is 5.78 Å². The molecule has 0 aliphatic rings. The summed E-state index contributed by atoms with van der Waals surface area (Å²) in [6.07, 6.45) is 1.97. The third-order valence-corrected chi connectivity index (χ3v) is 3.18. The number of hydrogen-bond donors (Lipinski definition) is 0. The van der Waals surface area contributed by atoms with E-state index in [-0.39, 0.29) is 17.8 Å². The second-order valence-electron chi connectivity index (χ2n) is 4.78. The highest BCUT2D eigenvalue weighted by molar-refractivity contribution is 5.97. The van der Waals surface area contributed by atoms with E-state index < -0.39 is 11.6 Å². The number of carbonyl (C=O) groups is 1. The van der Waals surface area contributed by atoms with Gasteiger partial charge in [0, 0.05) is 18.1 Å². The Balaban J connectivity index is 2.11. The molecule has 104 valence electrons. The van der Waals surface area contributed by atoms with Crippen LogP contribution in [0.4, 0.5) is 8.78 Å². The van der Waals surface area contributed by atoms with Crippen molar-refractivity contribution in [2.24, 2.45) is 0 Å². The Morgan fingerprint density at radius 2 is 1.75 bits per heavy atom. The molecule has 0 aromatic heterocycles. The fourth-order valence-corrected chi connectivity index (χ4v) is 2.09. The van der Waals surface area contributed by atoms with Gasteiger partial charge in [-0.3, -0.25) is 4.79 Å². The molecule has 0 unspecified atom stereocenters. The molecule has 0 bridgehead atoms. The molecule has 0 saturated heterocycles. The van der Waals surface area contributed by atoms with Crippen molar-refractivity contribution in [1.29, 1.82) is 0 Å². The van der Waals surface area contributed by atoms with Crippen LogP contribution in [0.2, 0.25) is 0 Å². The molecule has 0 aliphatic heterocycles. The summed E-state index contributed by atoms with van der Waals surface area (Å²) in [5.41, 5.74) is 1.94. The van der Waals surface area contributed by atoms with Crippen LogP contribution in [0.25, 0.3) is 0 Å². The van der Waals surface area contributed by atoms with E-state index in [1.807, 2.05) is 12.1 Å². The van der Waals surface area contributed by atoms with Crippen molar-refractivity contribution < 1.29 is 13.6 Å². The van der Waals surface area contributed by atoms with E-state index in [1.165, 1.54) is 11.6 Å². The summed E-state index contributed by atoms with van der Waals surface area (Å²) < 4.78 is 26.3. The second kappa shape index (κ2) is 6.42. The van der Waals surface area contributed by atoms with Gasteiger partial charge in [0.2, 0.25) is 0 Å². The maximum absolute atomic E-state index is 13.5. The van der Waals surface area contributed by atoms with Crippen LogP contribution in [-0.4, -0.2) is 5.78 Å². The number of hydrogen-bond acceptors (Lipinski definition) is 1. The van der Waals surface area contributed by atoms with Gasteiger partial charge in [0.1, 0.15) is 11.6 Å². The summed E-state index contributed by atoms with van der Waals surface area (Å²) >= 11 is 0. The number of ketones is 1. The molecule has 0 spiro atoms. The van der Waals surface area contributed by atoms with Gasteiger partial charge in [0.05, 0.1) is 0 Å². The molecule has 0 amide bonds. The first-order valence-electron chi connectivity index (χ1n) is 6.66. The molecule has 0 atom stereocenters. The van der Waals surface area contributed by atoms with Crippen LogP contribution in [0.5, 0.6) is 0 Å². The van der Waals surface area contributed by atoms with Crippen LogP contribution in [-0.2, 0) is 12.8 Å². The lowest BCUT2D eigenvalue weighted by atomic mass is 10.0. The van der Waals surface area contributed by atoms with E-state index >= 15 is 0 Å². The number of Topliss-reactive ketones (excluding diaryl/α,β-unsaturated/α-hetero) is 1. The zero-order chi connectivity index (χ0) is 14.5. The maximum Gasteiger partial charge on any atom is 0.167 e. The summed E-state index contributed by atoms with van der Waals surface area (Å²) in [5.74, 6) is -1.48. The van der Waals surface area contributed by atoms with Crippen molar-refractivity contribution in [2.75, 3.05) is 0 Å². The Kier molecular flexibility index (Phi) is 4.61. The van der Waals surface area contributed by atoms with E-state index in [0.717, 1.165) is 25.0 Å². The van der Waals surface area contributed by atoms with Gasteiger partial charge in [-0.25, -0.2) is 8.78 Å². The molecule has 0 N–H and O–H groups in total. The lowest BCUT2D eigenvalue weighted by Gasteiger charge is -2.05. The van der Waals surface area contributed by atoms with Crippen molar-refractivity contribution in [3.63, 3.8) is 0 Å². The van der Waals surface area contributed by atoms with Crippen LogP contribution >= 0.6 is 0 Å². The lowest BCUT2D eigenvalue weighted by molar-refractivity contribution is 0.0991. The highest BCUT2D eigenvalue weighted by Gasteiger charge is 2.11. The Morgan fingerprint density at radius 1 is 1.05 bits per heavy atom. The van der Waals surface area contributed by atoms with Crippen LogP contribution < -0.4 is 0 Å². The maximum atomic E-state index is 13.5. The van der Waals surface area contributed by atoms with Gasteiger partial charge < -0.3 is 0 Å². The van der Waals surface area contributed by atoms with Gasteiger partial charge in [-0.1, -0.05) is 43.7 Å². The van der Waals surface area contributed by atoms with Gasteiger partial charge in [0.25, 0.3) is 0 Å². The molecule has 3 heteroatoms. The molecular weight excluding hydrogens is 258 g/mol. The SMILES string of the molecule is CCCc1ccc(C(=O)Cc2ccc(F)cc2F)cc1. The lowest BCUT2D eigenvalue weighted by Crippen LogP contribution is -2.05. The van der Waals surface area contributed by atoms with Gasteiger partial charge >= 0.3 is 0 Å². The largest absolute Gasteiger partial charge is 0.294 e. The number of halogens is 2. The van der Waals surface area contributed by atoms with Gasteiger partial charge in [-0.05, 0) is 23.6 Å². The summed E-state index contributed by atoms with van der Waals surface area (Å²) in [5, 5.41) is 0. The van der Waals surface area contributed by atoms with Gasteiger partial charge in [-0.15, -0.1) is 0 Å². The summed E-state index contributed by atoms with van der Waals surface area (Å²) in [6, 6.07) is 10.6. The highest BCUT2D eigenvalue weighted by atomic mass is 19.1. The monoisotopic (exact) mass is 274 g/mol. The minimum atomic E-state index is -0.680. The fourth-order valence-electron chi connectivity index (χ4n) is 2.09. The van der Waals surface area contributed by atoms with Crippen LogP contribution in [0.3, 0.4) is 0 Å². The van der Waals surface area contributed by atoms with Crippen LogP contribution in [0, 0.1) is 11.6 Å². The van der Waals surface area contributed by atoms with Gasteiger partial charge in [0.15, 0.2) is 5.78 Å². The average Bonchev–Trinajstić information content (AvgIpc) is 2.43. The van der Waals surface area contributed by atoms with Crippen molar-refractivity contribution in [2.45, 2.75) is 26.2 Å². The number of benzene rings is 2. The molecule has 0 fully saturated rings. The van der Waals surface area contributed by atoms with Crippen LogP contribution in [0.1, 0.15) is 34.8 Å². The first kappa shape index (κ1) is 14.4. The van der Waals surface area contributed by atoms with Crippen molar-refractivity contribution in [3.8, 4) is 0 Å². The molecule has 2 aromatic rings. The molecular formula is C17H16F2O. The quantitative estimate of drug-likeness (QED) is 0.741. The predicted octanol–water partition coefficient (Wildman–Crippen LogP) is 4.34. The van der Waals surface area contributed by atoms with Gasteiger partial charge in [-0.2, -0.15) is 0 Å². The minimum Gasteiger partial charge on any atom is -0.294 e. The second-order valence-corrected chi connectivity index (χ2v) is 4.78. The molecule has 0 saturated carbocycles. The third-order valence-electron chi connectivity index (χ3n) is 3.18. The fraction of sp³-hybridized carbons (Fsp3) is 0.235. The Labute approximate surface area is 117 Å². The van der Waals surface area contributed by atoms with Crippen molar-refractivity contribution in [3.05, 3.63) is 70.8 Å².